The molecule has 0 radical (unpaired) electrons. The van der Waals surface area contributed by atoms with E-state index in [-0.39, 0.29) is 0 Å². The van der Waals surface area contributed by atoms with Gasteiger partial charge in [-0.3, -0.25) is 10.1 Å². The quantitative estimate of drug-likeness (QED) is 0.460. The molecule has 15 heavy (non-hydrogen) atoms. The zero-order valence-electron chi connectivity index (χ0n) is 7.03. The van der Waals surface area contributed by atoms with Crippen LogP contribution >= 0.6 is 11.6 Å². The summed E-state index contributed by atoms with van der Waals surface area (Å²) in [7, 11) is 0. The summed E-state index contributed by atoms with van der Waals surface area (Å²) in [6.07, 6.45) is 0. The highest BCUT2D eigenvalue weighted by atomic mass is 35.5. The number of carboxylic acid groups (broad SMARTS) is 1. The van der Waals surface area contributed by atoms with Gasteiger partial charge in [0.15, 0.2) is 0 Å². The molecule has 0 spiro atoms. The number of hydrogen-bond donors (Lipinski definition) is 2. The second kappa shape index (κ2) is 3.70. The fraction of sp³-hybridized carbons (Fsp3) is 0. The third kappa shape index (κ3) is 1.82. The Kier molecular flexibility index (Phi) is 2.76. The van der Waals surface area contributed by atoms with Gasteiger partial charge in [-0.25, -0.2) is 4.79 Å². The number of nitro benzene ring substituents is 1. The minimum atomic E-state index is -1.52. The predicted octanol–water partition coefficient (Wildman–Crippen LogP) is 1.67. The second-order valence-electron chi connectivity index (χ2n) is 2.55. The van der Waals surface area contributed by atoms with Crippen LogP contribution in [0.15, 0.2) is 6.07 Å². The van der Waals surface area contributed by atoms with Gasteiger partial charge in [0.05, 0.1) is 16.2 Å². The summed E-state index contributed by atoms with van der Waals surface area (Å²) >= 11 is 5.36. The van der Waals surface area contributed by atoms with Crippen molar-refractivity contribution >= 4 is 28.9 Å². The number of halogens is 2. The summed E-state index contributed by atoms with van der Waals surface area (Å²) in [6.45, 7) is 0. The lowest BCUT2D eigenvalue weighted by molar-refractivity contribution is -0.387. The number of nitro groups is 1. The fourth-order valence-corrected chi connectivity index (χ4v) is 1.25. The maximum Gasteiger partial charge on any atom is 0.337 e. The van der Waals surface area contributed by atoms with Gasteiger partial charge in [0.1, 0.15) is 5.02 Å². The van der Waals surface area contributed by atoms with Gasteiger partial charge in [-0.15, -0.1) is 0 Å². The highest BCUT2D eigenvalue weighted by molar-refractivity contribution is 6.35. The molecule has 8 heteroatoms. The number of nitrogen functional groups attached to an aromatic ring is 1. The average molecular weight is 235 g/mol. The Morgan fingerprint density at radius 1 is 1.67 bits per heavy atom. The Labute approximate surface area is 87.2 Å². The van der Waals surface area contributed by atoms with Gasteiger partial charge >= 0.3 is 11.7 Å². The second-order valence-corrected chi connectivity index (χ2v) is 2.93. The van der Waals surface area contributed by atoms with E-state index in [4.69, 9.17) is 22.4 Å². The molecule has 0 unspecified atom stereocenters. The van der Waals surface area contributed by atoms with E-state index in [2.05, 4.69) is 0 Å². The van der Waals surface area contributed by atoms with E-state index in [0.717, 1.165) is 6.07 Å². The molecule has 0 saturated carbocycles. The molecular weight excluding hydrogens is 231 g/mol. The molecular formula is C7H4ClFN2O4. The highest BCUT2D eigenvalue weighted by Gasteiger charge is 2.27. The molecule has 1 aromatic rings. The van der Waals surface area contributed by atoms with Crippen LogP contribution in [0.25, 0.3) is 0 Å². The molecule has 6 nitrogen and oxygen atoms in total. The van der Waals surface area contributed by atoms with E-state index in [0.29, 0.717) is 0 Å². The molecule has 1 rings (SSSR count). The number of benzene rings is 1. The van der Waals surface area contributed by atoms with Crippen LogP contribution in [0.2, 0.25) is 5.02 Å². The number of rotatable bonds is 2. The Morgan fingerprint density at radius 2 is 2.20 bits per heavy atom. The molecule has 0 heterocycles. The number of aromatic carboxylic acids is 1. The van der Waals surface area contributed by atoms with E-state index < -0.39 is 38.7 Å². The van der Waals surface area contributed by atoms with E-state index in [1.54, 1.807) is 0 Å². The fourth-order valence-electron chi connectivity index (χ4n) is 0.959. The number of hydrogen-bond acceptors (Lipinski definition) is 4. The average Bonchev–Trinajstić information content (AvgIpc) is 2.10. The normalized spacial score (nSPS) is 10.0. The molecule has 0 fully saturated rings. The summed E-state index contributed by atoms with van der Waals surface area (Å²) in [5, 5.41) is 18.2. The summed E-state index contributed by atoms with van der Waals surface area (Å²) in [5.41, 5.74) is 2.69. The molecule has 0 amide bonds. The summed E-state index contributed by atoms with van der Waals surface area (Å²) in [5.74, 6) is -2.86. The minimum absolute atomic E-state index is 0.609. The monoisotopic (exact) mass is 234 g/mol. The standard InChI is InChI=1S/C7H4ClFN2O4/c8-4-2(7(12)13)1-3(10)5(9)6(4)11(14)15/h1H,10H2,(H,12,13). The predicted molar refractivity (Wildman–Crippen MR) is 49.4 cm³/mol. The third-order valence-corrected chi connectivity index (χ3v) is 2.00. The van der Waals surface area contributed by atoms with Crippen molar-refractivity contribution in [3.63, 3.8) is 0 Å². The molecule has 80 valence electrons. The van der Waals surface area contributed by atoms with Crippen LogP contribution in [0.4, 0.5) is 15.8 Å². The first kappa shape index (κ1) is 11.2. The third-order valence-electron chi connectivity index (χ3n) is 1.62. The molecule has 0 atom stereocenters. The first-order valence-electron chi connectivity index (χ1n) is 3.51. The topological polar surface area (TPSA) is 106 Å². The molecule has 0 aliphatic carbocycles. The van der Waals surface area contributed by atoms with Gasteiger partial charge in [0.2, 0.25) is 5.82 Å². The van der Waals surface area contributed by atoms with E-state index in [1.807, 2.05) is 0 Å². The van der Waals surface area contributed by atoms with Crippen LogP contribution < -0.4 is 5.73 Å². The largest absolute Gasteiger partial charge is 0.478 e. The van der Waals surface area contributed by atoms with Crippen molar-refractivity contribution in [2.75, 3.05) is 5.73 Å². The summed E-state index contributed by atoms with van der Waals surface area (Å²) in [6, 6.07) is 0.729. The van der Waals surface area contributed by atoms with Gasteiger partial charge < -0.3 is 10.8 Å². The van der Waals surface area contributed by atoms with Crippen LogP contribution in [0.1, 0.15) is 10.4 Å². The summed E-state index contributed by atoms with van der Waals surface area (Å²) in [4.78, 5) is 19.9. The van der Waals surface area contributed by atoms with E-state index in [1.165, 1.54) is 0 Å². The lowest BCUT2D eigenvalue weighted by atomic mass is 10.1. The minimum Gasteiger partial charge on any atom is -0.478 e. The zero-order chi connectivity index (χ0) is 11.7. The van der Waals surface area contributed by atoms with Crippen LogP contribution in [0, 0.1) is 15.9 Å². The molecule has 1 aromatic carbocycles. The smallest absolute Gasteiger partial charge is 0.337 e. The Morgan fingerprint density at radius 3 is 2.60 bits per heavy atom. The number of nitrogens with two attached hydrogens (primary N) is 1. The first-order valence-corrected chi connectivity index (χ1v) is 3.89. The maximum absolute atomic E-state index is 13.1. The lowest BCUT2D eigenvalue weighted by Gasteiger charge is -2.03. The Hall–Kier alpha value is -1.89. The van der Waals surface area contributed by atoms with Crippen LogP contribution in [-0.4, -0.2) is 16.0 Å². The van der Waals surface area contributed by atoms with E-state index >= 15 is 0 Å². The SMILES string of the molecule is Nc1cc(C(=O)O)c(Cl)c([N+](=O)[O-])c1F. The molecule has 0 bridgehead atoms. The summed E-state index contributed by atoms with van der Waals surface area (Å²) < 4.78 is 13.1. The van der Waals surface area contributed by atoms with Gasteiger partial charge in [-0.1, -0.05) is 11.6 Å². The van der Waals surface area contributed by atoms with Gasteiger partial charge in [0, 0.05) is 0 Å². The van der Waals surface area contributed by atoms with Crippen molar-refractivity contribution in [1.29, 1.82) is 0 Å². The van der Waals surface area contributed by atoms with Gasteiger partial charge in [-0.05, 0) is 6.07 Å². The number of anilines is 1. The molecule has 0 saturated heterocycles. The van der Waals surface area contributed by atoms with Crippen molar-refractivity contribution in [2.45, 2.75) is 0 Å². The van der Waals surface area contributed by atoms with Crippen molar-refractivity contribution in [3.8, 4) is 0 Å². The van der Waals surface area contributed by atoms with Crippen molar-refractivity contribution < 1.29 is 19.2 Å². The van der Waals surface area contributed by atoms with Crippen LogP contribution in [0.5, 0.6) is 0 Å². The van der Waals surface area contributed by atoms with Gasteiger partial charge in [-0.2, -0.15) is 4.39 Å². The van der Waals surface area contributed by atoms with Crippen molar-refractivity contribution in [1.82, 2.24) is 0 Å². The zero-order valence-corrected chi connectivity index (χ0v) is 7.79. The molecule has 0 aromatic heterocycles. The van der Waals surface area contributed by atoms with Crippen LogP contribution in [0.3, 0.4) is 0 Å². The Bertz CT molecular complexity index is 463. The van der Waals surface area contributed by atoms with Crippen LogP contribution in [-0.2, 0) is 0 Å². The highest BCUT2D eigenvalue weighted by Crippen LogP contribution is 2.34. The number of nitrogens with zero attached hydrogens (tertiary/aromatic N) is 1. The van der Waals surface area contributed by atoms with Crippen molar-refractivity contribution in [2.24, 2.45) is 0 Å². The lowest BCUT2D eigenvalue weighted by Crippen LogP contribution is -2.05. The van der Waals surface area contributed by atoms with Gasteiger partial charge in [0.25, 0.3) is 0 Å². The maximum atomic E-state index is 13.1. The Balaban J connectivity index is 3.63. The molecule has 3 N–H and O–H groups in total. The van der Waals surface area contributed by atoms with E-state index in [9.17, 15) is 19.3 Å². The molecule has 0 aliphatic heterocycles. The van der Waals surface area contributed by atoms with Crippen molar-refractivity contribution in [3.05, 3.63) is 32.6 Å². The first-order chi connectivity index (χ1) is 6.86. The molecule has 0 aliphatic rings. The number of carbonyl (C=O) groups is 1. The number of carboxylic acids is 1.